The zero-order chi connectivity index (χ0) is 7.84. The highest BCUT2D eigenvalue weighted by Crippen LogP contribution is 2.31. The van der Waals surface area contributed by atoms with Gasteiger partial charge in [-0.3, -0.25) is 0 Å². The van der Waals surface area contributed by atoms with Crippen LogP contribution in [-0.4, -0.2) is 5.16 Å². The van der Waals surface area contributed by atoms with Crippen molar-refractivity contribution < 1.29 is 4.52 Å². The van der Waals surface area contributed by atoms with Crippen molar-refractivity contribution in [3.63, 3.8) is 0 Å². The minimum atomic E-state index is 0.0567. The van der Waals surface area contributed by atoms with Gasteiger partial charge < -0.3 is 10.3 Å². The summed E-state index contributed by atoms with van der Waals surface area (Å²) in [5, 5.41) is 3.73. The molecule has 60 valence electrons. The van der Waals surface area contributed by atoms with Crippen molar-refractivity contribution in [1.82, 2.24) is 5.16 Å². The Morgan fingerprint density at radius 2 is 2.55 bits per heavy atom. The van der Waals surface area contributed by atoms with E-state index in [-0.39, 0.29) is 6.04 Å². The number of fused-ring (bicyclic) bond motifs is 1. The lowest BCUT2D eigenvalue weighted by Gasteiger charge is -2.22. The largest absolute Gasteiger partial charge is 0.359 e. The van der Waals surface area contributed by atoms with Crippen molar-refractivity contribution in [3.8, 4) is 0 Å². The lowest BCUT2D eigenvalue weighted by Crippen LogP contribution is -2.23. The Kier molecular flexibility index (Phi) is 1.46. The molecule has 3 nitrogen and oxygen atoms in total. The van der Waals surface area contributed by atoms with Gasteiger partial charge in [-0.15, -0.1) is 0 Å². The third-order valence-electron chi connectivity index (χ3n) is 2.46. The molecular weight excluding hydrogens is 140 g/mol. The van der Waals surface area contributed by atoms with Crippen LogP contribution in [0.1, 0.15) is 30.7 Å². The van der Waals surface area contributed by atoms with Crippen LogP contribution in [-0.2, 0) is 6.42 Å². The smallest absolute Gasteiger partial charge is 0.156 e. The van der Waals surface area contributed by atoms with E-state index in [2.05, 4.69) is 12.1 Å². The molecule has 2 atom stereocenters. The van der Waals surface area contributed by atoms with Crippen molar-refractivity contribution in [2.45, 2.75) is 25.8 Å². The minimum Gasteiger partial charge on any atom is -0.359 e. The lowest BCUT2D eigenvalue weighted by molar-refractivity contribution is 0.300. The van der Waals surface area contributed by atoms with Gasteiger partial charge in [-0.05, 0) is 18.8 Å². The molecule has 1 aliphatic carbocycles. The molecule has 2 N–H and O–H groups in total. The Morgan fingerprint density at radius 1 is 1.73 bits per heavy atom. The molecule has 0 bridgehead atoms. The van der Waals surface area contributed by atoms with Crippen LogP contribution in [0.3, 0.4) is 0 Å². The molecular formula is C8H12N2O. The van der Waals surface area contributed by atoms with E-state index in [0.29, 0.717) is 5.92 Å². The summed E-state index contributed by atoms with van der Waals surface area (Å²) in [6.45, 7) is 2.15. The zero-order valence-electron chi connectivity index (χ0n) is 6.58. The fraction of sp³-hybridized carbons (Fsp3) is 0.625. The van der Waals surface area contributed by atoms with E-state index < -0.39 is 0 Å². The normalized spacial score (nSPS) is 30.0. The molecule has 0 aromatic carbocycles. The number of rotatable bonds is 0. The molecule has 3 heteroatoms. The van der Waals surface area contributed by atoms with Gasteiger partial charge in [-0.25, -0.2) is 0 Å². The van der Waals surface area contributed by atoms with Crippen molar-refractivity contribution in [3.05, 3.63) is 17.5 Å². The van der Waals surface area contributed by atoms with Crippen LogP contribution in [0.5, 0.6) is 0 Å². The van der Waals surface area contributed by atoms with Gasteiger partial charge in [0.15, 0.2) is 5.76 Å². The predicted octanol–water partition coefficient (Wildman–Crippen LogP) is 1.26. The topological polar surface area (TPSA) is 52.0 Å². The van der Waals surface area contributed by atoms with Crippen molar-refractivity contribution in [2.24, 2.45) is 11.7 Å². The Bertz CT molecular complexity index is 256. The van der Waals surface area contributed by atoms with E-state index in [1.54, 1.807) is 6.20 Å². The standard InChI is InChI=1S/C8H12N2O/c1-5-2-3-6-4-10-11-8(6)7(5)9/h4-5,7H,2-3,9H2,1H3. The first kappa shape index (κ1) is 6.85. The molecule has 0 radical (unpaired) electrons. The molecule has 0 amide bonds. The van der Waals surface area contributed by atoms with Crippen LogP contribution in [0.25, 0.3) is 0 Å². The highest BCUT2D eigenvalue weighted by molar-refractivity contribution is 5.20. The molecule has 2 unspecified atom stereocenters. The first-order valence-corrected chi connectivity index (χ1v) is 3.98. The summed E-state index contributed by atoms with van der Waals surface area (Å²) in [7, 11) is 0. The fourth-order valence-electron chi connectivity index (χ4n) is 1.55. The average Bonchev–Trinajstić information content (AvgIpc) is 2.45. The van der Waals surface area contributed by atoms with Crippen LogP contribution in [0.15, 0.2) is 10.7 Å². The molecule has 1 aromatic rings. The molecule has 1 aromatic heterocycles. The molecule has 1 aliphatic rings. The molecule has 11 heavy (non-hydrogen) atoms. The van der Waals surface area contributed by atoms with Gasteiger partial charge in [0, 0.05) is 5.56 Å². The van der Waals surface area contributed by atoms with E-state index in [4.69, 9.17) is 10.3 Å². The summed E-state index contributed by atoms with van der Waals surface area (Å²) in [6.07, 6.45) is 3.99. The van der Waals surface area contributed by atoms with Crippen molar-refractivity contribution in [1.29, 1.82) is 0 Å². The number of aryl methyl sites for hydroxylation is 1. The quantitative estimate of drug-likeness (QED) is 0.608. The zero-order valence-corrected chi connectivity index (χ0v) is 6.58. The van der Waals surface area contributed by atoms with Crippen LogP contribution in [0, 0.1) is 5.92 Å². The third-order valence-corrected chi connectivity index (χ3v) is 2.46. The molecule has 1 heterocycles. The first-order valence-electron chi connectivity index (χ1n) is 3.98. The maximum Gasteiger partial charge on any atom is 0.156 e. The Balaban J connectivity index is 2.38. The molecule has 0 saturated carbocycles. The summed E-state index contributed by atoms with van der Waals surface area (Å²) < 4.78 is 5.06. The predicted molar refractivity (Wildman–Crippen MR) is 40.9 cm³/mol. The van der Waals surface area contributed by atoms with Crippen LogP contribution in [0.4, 0.5) is 0 Å². The number of nitrogens with two attached hydrogens (primary N) is 1. The summed E-state index contributed by atoms with van der Waals surface area (Å²) in [5.74, 6) is 1.42. The Hall–Kier alpha value is -0.830. The number of nitrogens with zero attached hydrogens (tertiary/aromatic N) is 1. The Labute approximate surface area is 65.6 Å². The molecule has 0 spiro atoms. The van der Waals surface area contributed by atoms with Gasteiger partial charge in [0.05, 0.1) is 12.2 Å². The van der Waals surface area contributed by atoms with Crippen molar-refractivity contribution in [2.75, 3.05) is 0 Å². The maximum atomic E-state index is 5.90. The second-order valence-corrected chi connectivity index (χ2v) is 3.26. The van der Waals surface area contributed by atoms with Crippen LogP contribution in [0.2, 0.25) is 0 Å². The highest BCUT2D eigenvalue weighted by atomic mass is 16.5. The molecule has 0 aliphatic heterocycles. The molecule has 0 saturated heterocycles. The lowest BCUT2D eigenvalue weighted by atomic mass is 9.86. The first-order chi connectivity index (χ1) is 5.29. The number of hydrogen-bond donors (Lipinski definition) is 1. The highest BCUT2D eigenvalue weighted by Gasteiger charge is 2.26. The van der Waals surface area contributed by atoms with E-state index >= 15 is 0 Å². The second-order valence-electron chi connectivity index (χ2n) is 3.26. The summed E-state index contributed by atoms with van der Waals surface area (Å²) in [4.78, 5) is 0. The molecule has 0 fully saturated rings. The summed E-state index contributed by atoms with van der Waals surface area (Å²) >= 11 is 0. The van der Waals surface area contributed by atoms with Crippen molar-refractivity contribution >= 4 is 0 Å². The second kappa shape index (κ2) is 2.34. The van der Waals surface area contributed by atoms with Crippen LogP contribution < -0.4 is 5.73 Å². The number of hydrogen-bond acceptors (Lipinski definition) is 3. The van der Waals surface area contributed by atoms with Crippen LogP contribution >= 0.6 is 0 Å². The van der Waals surface area contributed by atoms with Gasteiger partial charge in [0.2, 0.25) is 0 Å². The summed E-state index contributed by atoms with van der Waals surface area (Å²) in [6, 6.07) is 0.0567. The summed E-state index contributed by atoms with van der Waals surface area (Å²) in [5.41, 5.74) is 7.09. The maximum absolute atomic E-state index is 5.90. The van der Waals surface area contributed by atoms with Gasteiger partial charge in [-0.1, -0.05) is 12.1 Å². The van der Waals surface area contributed by atoms with E-state index in [1.165, 1.54) is 5.56 Å². The SMILES string of the molecule is CC1CCc2cnoc2C1N. The van der Waals surface area contributed by atoms with Gasteiger partial charge in [0.1, 0.15) is 0 Å². The van der Waals surface area contributed by atoms with Gasteiger partial charge >= 0.3 is 0 Å². The van der Waals surface area contributed by atoms with E-state index in [1.807, 2.05) is 0 Å². The molecule has 2 rings (SSSR count). The van der Waals surface area contributed by atoms with E-state index in [0.717, 1.165) is 18.6 Å². The third kappa shape index (κ3) is 0.959. The minimum absolute atomic E-state index is 0.0567. The average molecular weight is 152 g/mol. The Morgan fingerprint density at radius 3 is 3.36 bits per heavy atom. The monoisotopic (exact) mass is 152 g/mol. The fourth-order valence-corrected chi connectivity index (χ4v) is 1.55. The van der Waals surface area contributed by atoms with E-state index in [9.17, 15) is 0 Å². The van der Waals surface area contributed by atoms with Gasteiger partial charge in [-0.2, -0.15) is 0 Å². The number of aromatic nitrogens is 1. The van der Waals surface area contributed by atoms with Gasteiger partial charge in [0.25, 0.3) is 0 Å².